The van der Waals surface area contributed by atoms with Crippen molar-refractivity contribution in [1.82, 2.24) is 0 Å². The standard InChI is InChI=1S/C6H3NO2/c7-1-5-3-9-4-6(5)2-8/h2-4H. The lowest BCUT2D eigenvalue weighted by molar-refractivity contribution is 0.112. The summed E-state index contributed by atoms with van der Waals surface area (Å²) in [5.41, 5.74) is 0.586. The van der Waals surface area contributed by atoms with Gasteiger partial charge in [0.15, 0.2) is 6.29 Å². The highest BCUT2D eigenvalue weighted by atomic mass is 16.3. The molecule has 0 aliphatic heterocycles. The lowest BCUT2D eigenvalue weighted by Crippen LogP contribution is -1.76. The van der Waals surface area contributed by atoms with Gasteiger partial charge in [0.05, 0.1) is 5.56 Å². The van der Waals surface area contributed by atoms with Crippen molar-refractivity contribution < 1.29 is 9.21 Å². The van der Waals surface area contributed by atoms with Crippen molar-refractivity contribution in [1.29, 1.82) is 5.26 Å². The molecule has 3 heteroatoms. The number of nitrogens with zero attached hydrogens (tertiary/aromatic N) is 1. The van der Waals surface area contributed by atoms with Gasteiger partial charge in [-0.1, -0.05) is 0 Å². The van der Waals surface area contributed by atoms with E-state index in [1.165, 1.54) is 12.5 Å². The highest BCUT2D eigenvalue weighted by Crippen LogP contribution is 2.04. The number of carbonyl (C=O) groups is 1. The van der Waals surface area contributed by atoms with Crippen LogP contribution in [0.15, 0.2) is 16.9 Å². The molecule has 0 aromatic carbocycles. The monoisotopic (exact) mass is 121 g/mol. The minimum atomic E-state index is 0.282. The molecule has 0 N–H and O–H groups in total. The van der Waals surface area contributed by atoms with E-state index >= 15 is 0 Å². The minimum absolute atomic E-state index is 0.282. The van der Waals surface area contributed by atoms with Crippen LogP contribution in [0.3, 0.4) is 0 Å². The van der Waals surface area contributed by atoms with Crippen molar-refractivity contribution in [3.63, 3.8) is 0 Å². The normalized spacial score (nSPS) is 8.33. The Morgan fingerprint density at radius 1 is 1.67 bits per heavy atom. The van der Waals surface area contributed by atoms with Gasteiger partial charge in [-0.05, 0) is 0 Å². The summed E-state index contributed by atoms with van der Waals surface area (Å²) in [6, 6.07) is 1.80. The maximum atomic E-state index is 10.0. The van der Waals surface area contributed by atoms with E-state index in [0.29, 0.717) is 11.8 Å². The molecule has 3 nitrogen and oxygen atoms in total. The Hall–Kier alpha value is -1.56. The van der Waals surface area contributed by atoms with Crippen molar-refractivity contribution in [2.75, 3.05) is 0 Å². The highest BCUT2D eigenvalue weighted by Gasteiger charge is 2.00. The molecule has 0 saturated carbocycles. The number of nitriles is 1. The van der Waals surface area contributed by atoms with Gasteiger partial charge in [0.25, 0.3) is 0 Å². The summed E-state index contributed by atoms with van der Waals surface area (Å²) in [5, 5.41) is 8.27. The highest BCUT2D eigenvalue weighted by molar-refractivity contribution is 5.78. The molecule has 1 aromatic rings. The van der Waals surface area contributed by atoms with E-state index in [1.54, 1.807) is 6.07 Å². The predicted octanol–water partition coefficient (Wildman–Crippen LogP) is 0.964. The van der Waals surface area contributed by atoms with E-state index in [9.17, 15) is 4.79 Å². The molecule has 1 rings (SSSR count). The van der Waals surface area contributed by atoms with E-state index in [2.05, 4.69) is 4.42 Å². The number of hydrogen-bond donors (Lipinski definition) is 0. The molecule has 44 valence electrons. The Labute approximate surface area is 51.5 Å². The van der Waals surface area contributed by atoms with Crippen molar-refractivity contribution >= 4 is 6.29 Å². The summed E-state index contributed by atoms with van der Waals surface area (Å²) in [6.45, 7) is 0. The Morgan fingerprint density at radius 2 is 2.44 bits per heavy atom. The van der Waals surface area contributed by atoms with Crippen LogP contribution in [0.1, 0.15) is 15.9 Å². The Balaban J connectivity index is 3.17. The first-order valence-corrected chi connectivity index (χ1v) is 2.30. The molecule has 0 amide bonds. The summed E-state index contributed by atoms with van der Waals surface area (Å²) in [7, 11) is 0. The quantitative estimate of drug-likeness (QED) is 0.520. The second kappa shape index (κ2) is 2.14. The van der Waals surface area contributed by atoms with Crippen LogP contribution >= 0.6 is 0 Å². The zero-order chi connectivity index (χ0) is 6.69. The number of furan rings is 1. The van der Waals surface area contributed by atoms with Crippen LogP contribution in [0.2, 0.25) is 0 Å². The maximum absolute atomic E-state index is 10.0. The second-order valence-electron chi connectivity index (χ2n) is 1.47. The van der Waals surface area contributed by atoms with Crippen LogP contribution < -0.4 is 0 Å². The lowest BCUT2D eigenvalue weighted by Gasteiger charge is -1.73. The van der Waals surface area contributed by atoms with Gasteiger partial charge in [-0.2, -0.15) is 5.26 Å². The molecule has 1 heterocycles. The molecular weight excluding hydrogens is 118 g/mol. The summed E-state index contributed by atoms with van der Waals surface area (Å²) in [5.74, 6) is 0. The van der Waals surface area contributed by atoms with Crippen molar-refractivity contribution in [2.24, 2.45) is 0 Å². The fourth-order valence-electron chi connectivity index (χ4n) is 0.489. The van der Waals surface area contributed by atoms with E-state index in [0.717, 1.165) is 0 Å². The smallest absolute Gasteiger partial charge is 0.154 e. The molecule has 0 bridgehead atoms. The average molecular weight is 121 g/mol. The summed E-state index contributed by atoms with van der Waals surface area (Å²) in [6.07, 6.45) is 3.07. The zero-order valence-corrected chi connectivity index (χ0v) is 4.50. The largest absolute Gasteiger partial charge is 0.470 e. The van der Waals surface area contributed by atoms with Crippen molar-refractivity contribution in [2.45, 2.75) is 0 Å². The van der Waals surface area contributed by atoms with Crippen LogP contribution in [0, 0.1) is 11.3 Å². The van der Waals surface area contributed by atoms with Gasteiger partial charge >= 0.3 is 0 Å². The third-order valence-electron chi connectivity index (χ3n) is 0.939. The minimum Gasteiger partial charge on any atom is -0.470 e. The fourth-order valence-corrected chi connectivity index (χ4v) is 0.489. The molecule has 0 radical (unpaired) electrons. The first-order valence-electron chi connectivity index (χ1n) is 2.30. The molecule has 0 aliphatic rings. The first-order chi connectivity index (χ1) is 4.38. The number of aldehydes is 1. The molecular formula is C6H3NO2. The van der Waals surface area contributed by atoms with Crippen LogP contribution in [0.5, 0.6) is 0 Å². The molecule has 9 heavy (non-hydrogen) atoms. The number of hydrogen-bond acceptors (Lipinski definition) is 3. The Kier molecular flexibility index (Phi) is 1.32. The summed E-state index contributed by atoms with van der Waals surface area (Å²) >= 11 is 0. The average Bonchev–Trinajstić information content (AvgIpc) is 2.33. The Bertz CT molecular complexity index is 256. The molecule has 0 aliphatic carbocycles. The molecule has 0 spiro atoms. The van der Waals surface area contributed by atoms with Gasteiger partial charge in [-0.3, -0.25) is 4.79 Å². The second-order valence-corrected chi connectivity index (χ2v) is 1.47. The van der Waals surface area contributed by atoms with Gasteiger partial charge in [-0.15, -0.1) is 0 Å². The molecule has 0 atom stereocenters. The van der Waals surface area contributed by atoms with Crippen molar-refractivity contribution in [3.05, 3.63) is 23.7 Å². The first kappa shape index (κ1) is 5.57. The number of carbonyl (C=O) groups excluding carboxylic acids is 1. The molecule has 0 fully saturated rings. The van der Waals surface area contributed by atoms with E-state index < -0.39 is 0 Å². The SMILES string of the molecule is N#Cc1cocc1C=O. The van der Waals surface area contributed by atoms with Gasteiger partial charge < -0.3 is 4.42 Å². The third-order valence-corrected chi connectivity index (χ3v) is 0.939. The summed E-state index contributed by atoms with van der Waals surface area (Å²) in [4.78, 5) is 10.0. The van der Waals surface area contributed by atoms with E-state index in [4.69, 9.17) is 5.26 Å². The van der Waals surface area contributed by atoms with E-state index in [1.807, 2.05) is 0 Å². The van der Waals surface area contributed by atoms with Gasteiger partial charge in [0, 0.05) is 0 Å². The lowest BCUT2D eigenvalue weighted by atomic mass is 10.2. The molecule has 1 aromatic heterocycles. The fraction of sp³-hybridized carbons (Fsp3) is 0. The zero-order valence-electron chi connectivity index (χ0n) is 4.50. The third kappa shape index (κ3) is 0.820. The van der Waals surface area contributed by atoms with Gasteiger partial charge in [-0.25, -0.2) is 0 Å². The van der Waals surface area contributed by atoms with Crippen LogP contribution in [-0.4, -0.2) is 6.29 Å². The van der Waals surface area contributed by atoms with Crippen molar-refractivity contribution in [3.8, 4) is 6.07 Å². The van der Waals surface area contributed by atoms with Gasteiger partial charge in [0.2, 0.25) is 0 Å². The molecule has 0 saturated heterocycles. The maximum Gasteiger partial charge on any atom is 0.154 e. The summed E-state index contributed by atoms with van der Waals surface area (Å²) < 4.78 is 4.57. The predicted molar refractivity (Wildman–Crippen MR) is 28.8 cm³/mol. The topological polar surface area (TPSA) is 54.0 Å². The van der Waals surface area contributed by atoms with E-state index in [-0.39, 0.29) is 5.56 Å². The molecule has 0 unspecified atom stereocenters. The van der Waals surface area contributed by atoms with Gasteiger partial charge in [0.1, 0.15) is 24.2 Å². The Morgan fingerprint density at radius 3 is 2.89 bits per heavy atom. The van der Waals surface area contributed by atoms with Crippen LogP contribution in [0.25, 0.3) is 0 Å². The van der Waals surface area contributed by atoms with Crippen LogP contribution in [0.4, 0.5) is 0 Å². The van der Waals surface area contributed by atoms with Crippen LogP contribution in [-0.2, 0) is 0 Å². The number of rotatable bonds is 1.